The van der Waals surface area contributed by atoms with Crippen LogP contribution in [0.5, 0.6) is 0 Å². The molecule has 0 spiro atoms. The van der Waals surface area contributed by atoms with E-state index in [1.807, 2.05) is 6.07 Å². The van der Waals surface area contributed by atoms with Crippen molar-refractivity contribution in [2.24, 2.45) is 0 Å². The molecule has 5 nitrogen and oxygen atoms in total. The van der Waals surface area contributed by atoms with E-state index in [0.717, 1.165) is 19.3 Å². The van der Waals surface area contributed by atoms with Gasteiger partial charge in [0.25, 0.3) is 0 Å². The number of aromatic nitrogens is 2. The van der Waals surface area contributed by atoms with Gasteiger partial charge in [0.1, 0.15) is 17.5 Å². The molecule has 0 radical (unpaired) electrons. The van der Waals surface area contributed by atoms with Gasteiger partial charge in [0.2, 0.25) is 5.16 Å². The zero-order valence-corrected chi connectivity index (χ0v) is 9.33. The lowest BCUT2D eigenvalue weighted by molar-refractivity contribution is 0.657. The topological polar surface area (TPSA) is 78.7 Å². The van der Waals surface area contributed by atoms with Crippen molar-refractivity contribution < 1.29 is 4.21 Å². The molecule has 0 amide bonds. The minimum atomic E-state index is -1.14. The Hall–Kier alpha value is -1.48. The van der Waals surface area contributed by atoms with Gasteiger partial charge in [-0.15, -0.1) is 0 Å². The first-order valence-corrected chi connectivity index (χ1v) is 6.45. The molecule has 2 bridgehead atoms. The summed E-state index contributed by atoms with van der Waals surface area (Å²) in [5, 5.41) is 12.6. The van der Waals surface area contributed by atoms with Crippen LogP contribution >= 0.6 is 0 Å². The summed E-state index contributed by atoms with van der Waals surface area (Å²) in [4.78, 5) is 8.17. The average molecular weight is 250 g/mol. The van der Waals surface area contributed by atoms with Crippen LogP contribution in [0.15, 0.2) is 11.4 Å². The molecule has 3 atom stereocenters. The minimum Gasteiger partial charge on any atom is -0.365 e. The first-order chi connectivity index (χ1) is 7.79. The third kappa shape index (κ3) is 1.80. The Labute approximate surface area is 103 Å². The number of rotatable bonds is 0. The zero-order chi connectivity index (χ0) is 11.1. The van der Waals surface area contributed by atoms with Crippen LogP contribution < -0.4 is 5.32 Å². The number of hydrogen-bond acceptors (Lipinski definition) is 5. The van der Waals surface area contributed by atoms with E-state index in [1.54, 1.807) is 0 Å². The van der Waals surface area contributed by atoms with E-state index in [2.05, 4.69) is 15.3 Å². The summed E-state index contributed by atoms with van der Waals surface area (Å²) in [5.74, 6) is 0.537. The van der Waals surface area contributed by atoms with E-state index in [-0.39, 0.29) is 18.7 Å². The van der Waals surface area contributed by atoms with Crippen LogP contribution in [0.2, 0.25) is 0 Å². The van der Waals surface area contributed by atoms with Crippen LogP contribution in [0.1, 0.15) is 32.3 Å². The van der Waals surface area contributed by atoms with Crippen molar-refractivity contribution in [1.82, 2.24) is 9.97 Å². The van der Waals surface area contributed by atoms with E-state index in [4.69, 9.17) is 5.26 Å². The highest BCUT2D eigenvalue weighted by Gasteiger charge is 2.37. The van der Waals surface area contributed by atoms with Crippen molar-refractivity contribution in [3.05, 3.63) is 11.8 Å². The number of nitrogens with zero attached hydrogens (tertiary/aromatic N) is 3. The molecule has 0 saturated heterocycles. The van der Waals surface area contributed by atoms with Gasteiger partial charge in [-0.3, -0.25) is 4.21 Å². The Kier molecular flexibility index (Phi) is 3.11. The summed E-state index contributed by atoms with van der Waals surface area (Å²) in [6.07, 6.45) is 4.44. The number of fused-ring (bicyclic) bond motifs is 3. The van der Waals surface area contributed by atoms with E-state index in [1.165, 1.54) is 6.20 Å². The summed E-state index contributed by atoms with van der Waals surface area (Å²) < 4.78 is 12.2. The molecule has 0 aromatic carbocycles. The third-order valence-electron chi connectivity index (χ3n) is 3.12. The van der Waals surface area contributed by atoms with Crippen LogP contribution in [0.25, 0.3) is 0 Å². The van der Waals surface area contributed by atoms with Gasteiger partial charge in [-0.05, 0) is 12.8 Å². The van der Waals surface area contributed by atoms with Crippen molar-refractivity contribution in [3.8, 4) is 6.07 Å². The Morgan fingerprint density at radius 3 is 3.12 bits per heavy atom. The van der Waals surface area contributed by atoms with Crippen LogP contribution in [0.3, 0.4) is 0 Å². The molecule has 2 aliphatic rings. The number of nitrogens with one attached hydrogen (secondary N) is 1. The smallest absolute Gasteiger partial charge is 0.220 e. The quantitative estimate of drug-likeness (QED) is 0.705. The summed E-state index contributed by atoms with van der Waals surface area (Å²) in [5.41, 5.74) is 0.424. The zero-order valence-electron chi connectivity index (χ0n) is 8.51. The second-order valence-electron chi connectivity index (χ2n) is 4.04. The van der Waals surface area contributed by atoms with Gasteiger partial charge in [0, 0.05) is 6.04 Å². The molecule has 1 saturated carbocycles. The lowest BCUT2D eigenvalue weighted by atomic mass is 10.2. The van der Waals surface area contributed by atoms with Gasteiger partial charge >= 0.3 is 0 Å². The van der Waals surface area contributed by atoms with Gasteiger partial charge < -0.3 is 5.32 Å². The second-order valence-corrected chi connectivity index (χ2v) is 5.61. The van der Waals surface area contributed by atoms with E-state index in [0.29, 0.717) is 16.5 Å². The second kappa shape index (κ2) is 4.41. The molecular weight excluding hydrogens is 236 g/mol. The number of hydrogen-bond donors (Lipinski definition) is 1. The first-order valence-electron chi connectivity index (χ1n) is 5.24. The summed E-state index contributed by atoms with van der Waals surface area (Å²) in [7, 11) is -1.14. The Balaban J connectivity index is 0.00000108. The van der Waals surface area contributed by atoms with Crippen molar-refractivity contribution in [3.63, 3.8) is 0 Å². The van der Waals surface area contributed by atoms with Crippen molar-refractivity contribution in [2.75, 3.05) is 5.32 Å². The highest BCUT2D eigenvalue weighted by molar-refractivity contribution is 7.85. The molecule has 6 heteroatoms. The maximum atomic E-state index is 12.2. The Morgan fingerprint density at radius 1 is 1.53 bits per heavy atom. The predicted octanol–water partition coefficient (Wildman–Crippen LogP) is 1.44. The molecule has 3 rings (SSSR count). The molecule has 1 N–H and O–H groups in total. The third-order valence-corrected chi connectivity index (χ3v) is 4.79. The van der Waals surface area contributed by atoms with Crippen molar-refractivity contribution in [1.29, 1.82) is 5.26 Å². The molecule has 1 aliphatic carbocycles. The summed E-state index contributed by atoms with van der Waals surface area (Å²) in [6, 6.07) is 2.21. The highest BCUT2D eigenvalue weighted by Crippen LogP contribution is 2.32. The lowest BCUT2D eigenvalue weighted by Crippen LogP contribution is -2.30. The fraction of sp³-hybridized carbons (Fsp3) is 0.545. The van der Waals surface area contributed by atoms with Gasteiger partial charge in [-0.2, -0.15) is 5.26 Å². The fourth-order valence-corrected chi connectivity index (χ4v) is 3.80. The first kappa shape index (κ1) is 12.0. The Bertz CT molecular complexity index is 511. The van der Waals surface area contributed by atoms with Crippen molar-refractivity contribution >= 4 is 16.6 Å². The number of nitriles is 1. The van der Waals surface area contributed by atoms with E-state index < -0.39 is 10.8 Å². The highest BCUT2D eigenvalue weighted by atomic mass is 32.2. The molecular formula is C11H14N4OS. The predicted molar refractivity (Wildman–Crippen MR) is 64.9 cm³/mol. The van der Waals surface area contributed by atoms with E-state index in [9.17, 15) is 4.21 Å². The molecule has 3 unspecified atom stereocenters. The number of anilines is 1. The minimum absolute atomic E-state index is 0. The average Bonchev–Trinajstić information content (AvgIpc) is 2.72. The maximum absolute atomic E-state index is 12.2. The largest absolute Gasteiger partial charge is 0.365 e. The van der Waals surface area contributed by atoms with Gasteiger partial charge in [0.15, 0.2) is 0 Å². The van der Waals surface area contributed by atoms with Gasteiger partial charge in [-0.1, -0.05) is 13.8 Å². The van der Waals surface area contributed by atoms with Crippen LogP contribution in [0, 0.1) is 11.3 Å². The summed E-state index contributed by atoms with van der Waals surface area (Å²) in [6.45, 7) is 0. The van der Waals surface area contributed by atoms with Gasteiger partial charge in [-0.25, -0.2) is 9.97 Å². The molecule has 17 heavy (non-hydrogen) atoms. The van der Waals surface area contributed by atoms with Crippen LogP contribution in [0.4, 0.5) is 5.82 Å². The molecule has 1 aliphatic heterocycles. The van der Waals surface area contributed by atoms with Crippen LogP contribution in [-0.4, -0.2) is 25.5 Å². The van der Waals surface area contributed by atoms with Crippen molar-refractivity contribution in [2.45, 2.75) is 43.1 Å². The normalized spacial score (nSPS) is 29.2. The molecule has 1 fully saturated rings. The summed E-state index contributed by atoms with van der Waals surface area (Å²) >= 11 is 0. The van der Waals surface area contributed by atoms with E-state index >= 15 is 0 Å². The molecule has 1 aromatic heterocycles. The fourth-order valence-electron chi connectivity index (χ4n) is 2.31. The maximum Gasteiger partial charge on any atom is 0.220 e. The Morgan fingerprint density at radius 2 is 2.35 bits per heavy atom. The molecule has 90 valence electrons. The van der Waals surface area contributed by atoms with Crippen LogP contribution in [-0.2, 0) is 10.8 Å². The van der Waals surface area contributed by atoms with Gasteiger partial charge in [0.05, 0.1) is 22.2 Å². The monoisotopic (exact) mass is 250 g/mol. The SMILES string of the molecule is C.N#Cc1cnc2nc1NC1CCCC1S2=O. The molecule has 2 heterocycles. The lowest BCUT2D eigenvalue weighted by Gasteiger charge is -2.15. The standard InChI is InChI=1S/C10H10N4OS.CH4/c11-4-6-5-12-10-14-9(6)13-7-2-1-3-8(7)16(10)15;/h5,7-8H,1-3H2,(H,12,13,14);1H4. The molecule has 1 aromatic rings.